The molecule has 4 N–H and O–H groups in total. The Morgan fingerprint density at radius 1 is 1.33 bits per heavy atom. The number of hydrogen-bond donors (Lipinski definition) is 2. The van der Waals surface area contributed by atoms with Gasteiger partial charge in [-0.1, -0.05) is 6.07 Å². The monoisotopic (exact) mass is 172 g/mol. The van der Waals surface area contributed by atoms with Crippen LogP contribution < -0.4 is 11.5 Å². The molecular weight excluding hydrogens is 162 g/mol. The Bertz CT molecular complexity index is 276. The van der Waals surface area contributed by atoms with E-state index in [1.165, 1.54) is 6.07 Å². The normalized spacial score (nSPS) is 13.0. The fraction of sp³-hybridized carbons (Fsp3) is 0.250. The highest BCUT2D eigenvalue weighted by molar-refractivity contribution is 5.21. The maximum atomic E-state index is 12.9. The van der Waals surface area contributed by atoms with E-state index in [0.29, 0.717) is 0 Å². The summed E-state index contributed by atoms with van der Waals surface area (Å²) in [5.41, 5.74) is 10.9. The zero-order valence-corrected chi connectivity index (χ0v) is 6.43. The molecule has 0 amide bonds. The van der Waals surface area contributed by atoms with Crippen molar-refractivity contribution in [2.24, 2.45) is 11.5 Å². The Kier molecular flexibility index (Phi) is 2.73. The smallest absolute Gasteiger partial charge is 0.130 e. The first-order valence-corrected chi connectivity index (χ1v) is 3.55. The van der Waals surface area contributed by atoms with Crippen LogP contribution in [0.1, 0.15) is 11.6 Å². The van der Waals surface area contributed by atoms with Crippen molar-refractivity contribution in [2.75, 3.05) is 6.54 Å². The number of rotatable bonds is 2. The first kappa shape index (κ1) is 9.09. The van der Waals surface area contributed by atoms with Gasteiger partial charge in [0.05, 0.1) is 0 Å². The molecule has 0 unspecified atom stereocenters. The molecule has 0 saturated heterocycles. The molecule has 1 aromatic carbocycles. The second kappa shape index (κ2) is 3.60. The Labute approximate surface area is 69.2 Å². The van der Waals surface area contributed by atoms with Gasteiger partial charge in [0, 0.05) is 24.2 Å². The van der Waals surface area contributed by atoms with Crippen LogP contribution in [0.2, 0.25) is 0 Å². The molecule has 0 aliphatic carbocycles. The second-order valence-corrected chi connectivity index (χ2v) is 2.51. The van der Waals surface area contributed by atoms with Crippen LogP contribution >= 0.6 is 0 Å². The highest BCUT2D eigenvalue weighted by Gasteiger charge is 2.09. The molecule has 0 bridgehead atoms. The summed E-state index contributed by atoms with van der Waals surface area (Å²) in [6.45, 7) is 0.141. The minimum atomic E-state index is -0.645. The minimum Gasteiger partial charge on any atom is -0.329 e. The fourth-order valence-electron chi connectivity index (χ4n) is 0.929. The quantitative estimate of drug-likeness (QED) is 0.697. The van der Waals surface area contributed by atoms with Gasteiger partial charge in [-0.15, -0.1) is 0 Å². The van der Waals surface area contributed by atoms with Crippen molar-refractivity contribution >= 4 is 0 Å². The maximum absolute atomic E-state index is 12.9. The molecule has 66 valence electrons. The van der Waals surface area contributed by atoms with Gasteiger partial charge in [0.2, 0.25) is 0 Å². The molecule has 1 aromatic rings. The highest BCUT2D eigenvalue weighted by atomic mass is 19.1. The summed E-state index contributed by atoms with van der Waals surface area (Å²) in [6, 6.07) is 2.70. The molecule has 0 aliphatic rings. The highest BCUT2D eigenvalue weighted by Crippen LogP contribution is 2.14. The molecule has 4 heteroatoms. The van der Waals surface area contributed by atoms with E-state index in [1.54, 1.807) is 0 Å². The average molecular weight is 172 g/mol. The third kappa shape index (κ3) is 1.78. The minimum absolute atomic E-state index is 0.141. The van der Waals surface area contributed by atoms with Crippen molar-refractivity contribution in [3.8, 4) is 0 Å². The van der Waals surface area contributed by atoms with E-state index in [-0.39, 0.29) is 12.1 Å². The maximum Gasteiger partial charge on any atom is 0.130 e. The lowest BCUT2D eigenvalue weighted by atomic mass is 10.1. The lowest BCUT2D eigenvalue weighted by Crippen LogP contribution is -2.21. The van der Waals surface area contributed by atoms with Crippen molar-refractivity contribution in [3.05, 3.63) is 35.4 Å². The average Bonchev–Trinajstić information content (AvgIpc) is 2.03. The van der Waals surface area contributed by atoms with Gasteiger partial charge in [-0.05, 0) is 6.07 Å². The molecule has 0 fully saturated rings. The first-order valence-electron chi connectivity index (χ1n) is 3.55. The van der Waals surface area contributed by atoms with Crippen LogP contribution in [0, 0.1) is 11.6 Å². The number of nitrogens with two attached hydrogens (primary N) is 2. The summed E-state index contributed by atoms with van der Waals surface area (Å²) >= 11 is 0. The molecule has 0 heterocycles. The Hall–Kier alpha value is -1.00. The van der Waals surface area contributed by atoms with Crippen LogP contribution in [0.3, 0.4) is 0 Å². The van der Waals surface area contributed by atoms with E-state index >= 15 is 0 Å². The zero-order chi connectivity index (χ0) is 9.14. The van der Waals surface area contributed by atoms with E-state index in [4.69, 9.17) is 11.5 Å². The summed E-state index contributed by atoms with van der Waals surface area (Å²) in [7, 11) is 0. The number of hydrogen-bond acceptors (Lipinski definition) is 2. The van der Waals surface area contributed by atoms with E-state index in [2.05, 4.69) is 0 Å². The third-order valence-corrected chi connectivity index (χ3v) is 1.62. The molecule has 1 rings (SSSR count). The predicted molar refractivity (Wildman–Crippen MR) is 42.3 cm³/mol. The molecule has 12 heavy (non-hydrogen) atoms. The van der Waals surface area contributed by atoms with E-state index < -0.39 is 17.7 Å². The molecular formula is C8H10F2N2. The fourth-order valence-corrected chi connectivity index (χ4v) is 0.929. The van der Waals surface area contributed by atoms with Gasteiger partial charge in [-0.3, -0.25) is 0 Å². The van der Waals surface area contributed by atoms with Crippen molar-refractivity contribution in [2.45, 2.75) is 6.04 Å². The Morgan fingerprint density at radius 2 is 2.00 bits per heavy atom. The molecule has 0 aromatic heterocycles. The van der Waals surface area contributed by atoms with Gasteiger partial charge in [0.1, 0.15) is 11.6 Å². The van der Waals surface area contributed by atoms with Crippen LogP contribution in [0.25, 0.3) is 0 Å². The summed E-state index contributed by atoms with van der Waals surface area (Å²) in [5, 5.41) is 0. The lowest BCUT2D eigenvalue weighted by molar-refractivity contribution is 0.556. The second-order valence-electron chi connectivity index (χ2n) is 2.51. The zero-order valence-electron chi connectivity index (χ0n) is 6.43. The van der Waals surface area contributed by atoms with Gasteiger partial charge < -0.3 is 11.5 Å². The van der Waals surface area contributed by atoms with Crippen LogP contribution in [0.5, 0.6) is 0 Å². The standard InChI is InChI=1S/C8H10F2N2/c9-5-1-2-6(7(10)3-5)8(12)4-11/h1-3,8H,4,11-12H2/t8-/m0/s1. The van der Waals surface area contributed by atoms with Gasteiger partial charge in [-0.25, -0.2) is 8.78 Å². The van der Waals surface area contributed by atoms with Gasteiger partial charge in [-0.2, -0.15) is 0 Å². The molecule has 0 saturated carbocycles. The van der Waals surface area contributed by atoms with Crippen molar-refractivity contribution in [1.29, 1.82) is 0 Å². The molecule has 0 aliphatic heterocycles. The number of halogens is 2. The predicted octanol–water partition coefficient (Wildman–Crippen LogP) is 0.923. The summed E-state index contributed by atoms with van der Waals surface area (Å²) in [5.74, 6) is -1.26. The van der Waals surface area contributed by atoms with Crippen molar-refractivity contribution < 1.29 is 8.78 Å². The lowest BCUT2D eigenvalue weighted by Gasteiger charge is -2.09. The van der Waals surface area contributed by atoms with Gasteiger partial charge >= 0.3 is 0 Å². The van der Waals surface area contributed by atoms with Crippen molar-refractivity contribution in [3.63, 3.8) is 0 Å². The Balaban J connectivity index is 3.01. The van der Waals surface area contributed by atoms with E-state index in [1.807, 2.05) is 0 Å². The Morgan fingerprint density at radius 3 is 2.50 bits per heavy atom. The van der Waals surface area contributed by atoms with E-state index in [0.717, 1.165) is 12.1 Å². The van der Waals surface area contributed by atoms with Gasteiger partial charge in [0.15, 0.2) is 0 Å². The number of benzene rings is 1. The molecule has 1 atom stereocenters. The molecule has 0 radical (unpaired) electrons. The summed E-state index contributed by atoms with van der Waals surface area (Å²) in [6.07, 6.45) is 0. The molecule has 0 spiro atoms. The third-order valence-electron chi connectivity index (χ3n) is 1.62. The van der Waals surface area contributed by atoms with Crippen LogP contribution in [-0.2, 0) is 0 Å². The van der Waals surface area contributed by atoms with Gasteiger partial charge in [0.25, 0.3) is 0 Å². The topological polar surface area (TPSA) is 52.0 Å². The largest absolute Gasteiger partial charge is 0.329 e. The van der Waals surface area contributed by atoms with Crippen LogP contribution in [0.4, 0.5) is 8.78 Å². The van der Waals surface area contributed by atoms with Crippen molar-refractivity contribution in [1.82, 2.24) is 0 Å². The van der Waals surface area contributed by atoms with Crippen LogP contribution in [0.15, 0.2) is 18.2 Å². The van der Waals surface area contributed by atoms with E-state index in [9.17, 15) is 8.78 Å². The SMILES string of the molecule is NC[C@H](N)c1ccc(F)cc1F. The first-order chi connectivity index (χ1) is 5.65. The summed E-state index contributed by atoms with van der Waals surface area (Å²) < 4.78 is 25.3. The summed E-state index contributed by atoms with van der Waals surface area (Å²) in [4.78, 5) is 0. The molecule has 2 nitrogen and oxygen atoms in total. The van der Waals surface area contributed by atoms with Crippen LogP contribution in [-0.4, -0.2) is 6.54 Å².